The maximum absolute atomic E-state index is 14.0. The van der Waals surface area contributed by atoms with Gasteiger partial charge in [-0.25, -0.2) is 0 Å². The Labute approximate surface area is 275 Å². The molecule has 12 heteroatoms. The number of ether oxygens (including phenoxy) is 4. The van der Waals surface area contributed by atoms with Crippen molar-refractivity contribution < 1.29 is 43.9 Å². The predicted molar refractivity (Wildman–Crippen MR) is 177 cm³/mol. The quantitative estimate of drug-likeness (QED) is 0.161. The molecule has 0 aromatic rings. The third-order valence-electron chi connectivity index (χ3n) is 10.2. The molecule has 0 bridgehead atoms. The normalized spacial score (nSPS) is 43.5. The summed E-state index contributed by atoms with van der Waals surface area (Å²) in [4.78, 5) is 29.4. The molecule has 0 aliphatic carbocycles. The van der Waals surface area contributed by atoms with Crippen LogP contribution in [0.5, 0.6) is 0 Å². The largest absolute Gasteiger partial charge is 0.459 e. The van der Waals surface area contributed by atoms with Crippen LogP contribution < -0.4 is 0 Å². The van der Waals surface area contributed by atoms with Gasteiger partial charge in [0.1, 0.15) is 23.7 Å². The van der Waals surface area contributed by atoms with Gasteiger partial charge < -0.3 is 39.2 Å². The summed E-state index contributed by atoms with van der Waals surface area (Å²) in [5.41, 5.74) is -1.76. The van der Waals surface area contributed by atoms with Crippen LogP contribution in [0, 0.1) is 23.7 Å². The molecule has 0 radical (unpaired) electrons. The first kappa shape index (κ1) is 40.4. The van der Waals surface area contributed by atoms with E-state index in [-0.39, 0.29) is 30.9 Å². The maximum Gasteiger partial charge on any atom is 0.316 e. The van der Waals surface area contributed by atoms with Gasteiger partial charge in [-0.3, -0.25) is 9.59 Å². The zero-order chi connectivity index (χ0) is 35.3. The highest BCUT2D eigenvalue weighted by molar-refractivity contribution is 6.00. The highest BCUT2D eigenvalue weighted by Crippen LogP contribution is 2.38. The molecule has 46 heavy (non-hydrogen) atoms. The second-order valence-electron chi connectivity index (χ2n) is 14.2. The van der Waals surface area contributed by atoms with Crippen molar-refractivity contribution in [2.45, 2.75) is 149 Å². The van der Waals surface area contributed by atoms with Crippen LogP contribution in [0.15, 0.2) is 10.2 Å². The average molecular weight is 656 g/mol. The van der Waals surface area contributed by atoms with E-state index in [9.17, 15) is 24.9 Å². The first-order valence-electron chi connectivity index (χ1n) is 16.7. The van der Waals surface area contributed by atoms with Crippen LogP contribution in [0.3, 0.4) is 0 Å². The van der Waals surface area contributed by atoms with E-state index in [0.29, 0.717) is 18.6 Å². The second kappa shape index (κ2) is 16.5. The summed E-state index contributed by atoms with van der Waals surface area (Å²) in [5.74, 6) is -4.49. The Morgan fingerprint density at radius 2 is 1.67 bits per heavy atom. The van der Waals surface area contributed by atoms with Crippen molar-refractivity contribution in [1.29, 1.82) is 0 Å². The molecule has 2 heterocycles. The van der Waals surface area contributed by atoms with Gasteiger partial charge in [0.25, 0.3) is 0 Å². The molecular formula is C34H61N3O9. The maximum atomic E-state index is 14.0. The Balaban J connectivity index is 2.77. The van der Waals surface area contributed by atoms with Crippen molar-refractivity contribution in [3.8, 4) is 0 Å². The van der Waals surface area contributed by atoms with Gasteiger partial charge in [0.2, 0.25) is 0 Å². The Kier molecular flexibility index (Phi) is 14.5. The number of ketones is 1. The lowest BCUT2D eigenvalue weighted by Gasteiger charge is -2.47. The van der Waals surface area contributed by atoms with Crippen molar-refractivity contribution in [2.75, 3.05) is 21.2 Å². The van der Waals surface area contributed by atoms with E-state index in [2.05, 4.69) is 10.2 Å². The predicted octanol–water partition coefficient (Wildman–Crippen LogP) is 3.38. The molecule has 0 aromatic heterocycles. The summed E-state index contributed by atoms with van der Waals surface area (Å²) in [6.45, 7) is 17.5. The number of aliphatic hydroxyl groups excluding tert-OH is 2. The summed E-state index contributed by atoms with van der Waals surface area (Å²) in [6.07, 6.45) is -4.08. The highest BCUT2D eigenvalue weighted by Gasteiger charge is 2.51. The highest BCUT2D eigenvalue weighted by atomic mass is 16.7. The van der Waals surface area contributed by atoms with Gasteiger partial charge in [0.15, 0.2) is 12.1 Å². The molecule has 0 amide bonds. The first-order chi connectivity index (χ1) is 21.3. The van der Waals surface area contributed by atoms with Gasteiger partial charge in [0.05, 0.1) is 23.9 Å². The van der Waals surface area contributed by atoms with E-state index in [1.165, 1.54) is 21.0 Å². The molecule has 0 saturated carbocycles. The number of hydrogen-bond acceptors (Lipinski definition) is 12. The lowest BCUT2D eigenvalue weighted by atomic mass is 9.74. The van der Waals surface area contributed by atoms with Crippen LogP contribution >= 0.6 is 0 Å². The van der Waals surface area contributed by atoms with Crippen LogP contribution in [0.4, 0.5) is 0 Å². The minimum absolute atomic E-state index is 0.198. The molecule has 2 aliphatic heterocycles. The summed E-state index contributed by atoms with van der Waals surface area (Å²) in [5, 5.41) is 43.6. The lowest BCUT2D eigenvalue weighted by molar-refractivity contribution is -0.295. The van der Waals surface area contributed by atoms with E-state index in [4.69, 9.17) is 18.9 Å². The number of Topliss-reactive ketones (excluding diaryl/α,β-unsaturated/α-hetero) is 1. The standard InChI is InChI=1S/C34H61N3O9/c1-14-19(4)35-36-26-18(3)17-33(9,43-13)30(46-32-28(39)24(37(11)12)16-20(5)44-32)22(7)27(38)23(8)31(41)45-25(15-2)34(10,42)29(40)21(26)6/h18,20-25,28-30,32,39-40,42H,14-17H2,1-13H3. The fourth-order valence-electron chi connectivity index (χ4n) is 6.85. The van der Waals surface area contributed by atoms with Crippen molar-refractivity contribution in [3.63, 3.8) is 0 Å². The number of carbonyl (C=O) groups excluding carboxylic acids is 2. The van der Waals surface area contributed by atoms with E-state index in [0.717, 1.165) is 5.71 Å². The molecule has 13 unspecified atom stereocenters. The van der Waals surface area contributed by atoms with Crippen molar-refractivity contribution in [2.24, 2.45) is 33.9 Å². The first-order valence-corrected chi connectivity index (χ1v) is 16.7. The average Bonchev–Trinajstić information content (AvgIpc) is 3.00. The molecule has 0 aromatic carbocycles. The van der Waals surface area contributed by atoms with Gasteiger partial charge in [-0.1, -0.05) is 34.6 Å². The number of esters is 1. The lowest BCUT2D eigenvalue weighted by Crippen LogP contribution is -2.60. The fraction of sp³-hybridized carbons (Fsp3) is 0.882. The van der Waals surface area contributed by atoms with E-state index in [1.807, 2.05) is 53.6 Å². The van der Waals surface area contributed by atoms with Crippen LogP contribution in [0.2, 0.25) is 0 Å². The molecule has 13 atom stereocenters. The molecular weight excluding hydrogens is 594 g/mol. The minimum Gasteiger partial charge on any atom is -0.459 e. The number of aliphatic hydroxyl groups is 3. The van der Waals surface area contributed by atoms with Crippen LogP contribution in [0.25, 0.3) is 0 Å². The number of nitrogens with zero attached hydrogens (tertiary/aromatic N) is 3. The third kappa shape index (κ3) is 9.00. The summed E-state index contributed by atoms with van der Waals surface area (Å²) in [6, 6.07) is -0.251. The van der Waals surface area contributed by atoms with Crippen LogP contribution in [-0.2, 0) is 28.5 Å². The molecule has 2 aliphatic rings. The summed E-state index contributed by atoms with van der Waals surface area (Å²) in [7, 11) is 5.28. The van der Waals surface area contributed by atoms with Gasteiger partial charge in [-0.15, -0.1) is 0 Å². The van der Waals surface area contributed by atoms with Crippen molar-refractivity contribution in [3.05, 3.63) is 0 Å². The van der Waals surface area contributed by atoms with E-state index < -0.39 is 71.4 Å². The number of hydrogen-bond donors (Lipinski definition) is 3. The minimum atomic E-state index is -1.86. The van der Waals surface area contributed by atoms with Crippen LogP contribution in [0.1, 0.15) is 94.9 Å². The number of cyclic esters (lactones) is 1. The Bertz CT molecular complexity index is 1100. The monoisotopic (exact) mass is 655 g/mol. The van der Waals surface area contributed by atoms with Crippen molar-refractivity contribution in [1.82, 2.24) is 4.90 Å². The molecule has 2 saturated heterocycles. The Morgan fingerprint density at radius 3 is 2.20 bits per heavy atom. The molecule has 2 rings (SSSR count). The smallest absolute Gasteiger partial charge is 0.316 e. The van der Waals surface area contributed by atoms with E-state index in [1.54, 1.807) is 20.8 Å². The zero-order valence-corrected chi connectivity index (χ0v) is 30.3. The number of carbonyl (C=O) groups is 2. The van der Waals surface area contributed by atoms with E-state index >= 15 is 0 Å². The summed E-state index contributed by atoms with van der Waals surface area (Å²) < 4.78 is 24.6. The summed E-state index contributed by atoms with van der Waals surface area (Å²) >= 11 is 0. The van der Waals surface area contributed by atoms with Crippen molar-refractivity contribution >= 4 is 23.2 Å². The topological polar surface area (TPSA) is 160 Å². The third-order valence-corrected chi connectivity index (χ3v) is 10.2. The molecule has 12 nitrogen and oxygen atoms in total. The second-order valence-corrected chi connectivity index (χ2v) is 14.2. The Morgan fingerprint density at radius 1 is 1.07 bits per heavy atom. The fourth-order valence-corrected chi connectivity index (χ4v) is 6.85. The van der Waals surface area contributed by atoms with Gasteiger partial charge in [0, 0.05) is 36.4 Å². The molecule has 266 valence electrons. The number of rotatable bonds is 7. The number of likely N-dealkylation sites (N-methyl/N-ethyl adjacent to an activating group) is 1. The SMILES string of the molecule is CCC(C)=NN=C1C(C)CC(C)(OC)C(OC2OC(C)CC(N(C)C)C2O)C(C)C(=O)C(C)C(=O)OC(CC)C(C)(O)C(O)C1C. The van der Waals surface area contributed by atoms with Crippen LogP contribution in [-0.4, -0.2) is 119 Å². The van der Waals surface area contributed by atoms with Gasteiger partial charge in [-0.05, 0) is 80.3 Å². The number of methoxy groups -OCH3 is 1. The Hall–Kier alpha value is -1.80. The van der Waals surface area contributed by atoms with Gasteiger partial charge in [-0.2, -0.15) is 10.2 Å². The van der Waals surface area contributed by atoms with Gasteiger partial charge >= 0.3 is 5.97 Å². The molecule has 2 fully saturated rings. The molecule has 3 N–H and O–H groups in total. The zero-order valence-electron chi connectivity index (χ0n) is 30.3. The molecule has 0 spiro atoms.